The average molecular weight is 544 g/mol. The second-order valence-corrected chi connectivity index (χ2v) is 9.42. The Morgan fingerprint density at radius 3 is 2.67 bits per heavy atom. The van der Waals surface area contributed by atoms with Crippen LogP contribution in [0.4, 0.5) is 17.1 Å². The maximum Gasteiger partial charge on any atom is 0.276 e. The molecule has 0 spiro atoms. The number of anilines is 3. The fourth-order valence-electron chi connectivity index (χ4n) is 4.45. The number of aromatic nitrogens is 1. The van der Waals surface area contributed by atoms with Crippen molar-refractivity contribution in [2.45, 2.75) is 39.5 Å². The molecule has 0 fully saturated rings. The molecule has 1 aliphatic heterocycles. The molecule has 0 aliphatic carbocycles. The van der Waals surface area contributed by atoms with Crippen LogP contribution in [0.1, 0.15) is 58.6 Å². The lowest BCUT2D eigenvalue weighted by atomic mass is 10.1. The zero-order valence-corrected chi connectivity index (χ0v) is 22.8. The van der Waals surface area contributed by atoms with E-state index in [9.17, 15) is 14.4 Å². The number of aryl methyl sites for hydroxylation is 1. The number of hydrogen-bond acceptors (Lipinski definition) is 7. The molecule has 6 N–H and O–H groups in total. The van der Waals surface area contributed by atoms with Crippen molar-refractivity contribution in [1.29, 1.82) is 0 Å². The molecule has 1 aliphatic rings. The van der Waals surface area contributed by atoms with Gasteiger partial charge in [-0.05, 0) is 56.5 Å². The van der Waals surface area contributed by atoms with E-state index < -0.39 is 0 Å². The van der Waals surface area contributed by atoms with Crippen molar-refractivity contribution < 1.29 is 19.1 Å². The summed E-state index contributed by atoms with van der Waals surface area (Å²) in [5.74, 6) is 0.0103. The number of fused-ring (bicyclic) bond motifs is 1. The Balaban J connectivity index is 1.26. The number of carbonyl (C=O) groups is 3. The Hall–Kier alpha value is -4.93. The Labute approximate surface area is 232 Å². The molecule has 40 heavy (non-hydrogen) atoms. The van der Waals surface area contributed by atoms with Crippen molar-refractivity contribution in [3.05, 3.63) is 70.5 Å². The molecule has 11 nitrogen and oxygen atoms in total. The Morgan fingerprint density at radius 1 is 1.10 bits per heavy atom. The number of H-pyrrole nitrogens is 1. The quantitative estimate of drug-likeness (QED) is 0.107. The van der Waals surface area contributed by atoms with E-state index in [1.165, 1.54) is 6.21 Å². The topological polar surface area (TPSA) is 163 Å². The lowest BCUT2D eigenvalue weighted by Gasteiger charge is -2.08. The van der Waals surface area contributed by atoms with Gasteiger partial charge in [0.15, 0.2) is 5.71 Å². The molecule has 2 aromatic carbocycles. The van der Waals surface area contributed by atoms with Crippen molar-refractivity contribution in [3.8, 4) is 5.75 Å². The Kier molecular flexibility index (Phi) is 8.95. The van der Waals surface area contributed by atoms with E-state index in [0.29, 0.717) is 64.7 Å². The largest absolute Gasteiger partial charge is 0.497 e. The van der Waals surface area contributed by atoms with Gasteiger partial charge < -0.3 is 31.4 Å². The number of nitrogens with two attached hydrogens (primary N) is 1. The van der Waals surface area contributed by atoms with Crippen LogP contribution in [-0.2, 0) is 9.59 Å². The van der Waals surface area contributed by atoms with Crippen molar-refractivity contribution in [3.63, 3.8) is 0 Å². The number of benzene rings is 2. The lowest BCUT2D eigenvalue weighted by molar-refractivity contribution is -0.116. The van der Waals surface area contributed by atoms with Gasteiger partial charge in [-0.15, -0.1) is 5.10 Å². The molecular weight excluding hydrogens is 510 g/mol. The molecule has 0 saturated heterocycles. The summed E-state index contributed by atoms with van der Waals surface area (Å²) in [6, 6.07) is 12.4. The van der Waals surface area contributed by atoms with Crippen LogP contribution in [-0.4, -0.2) is 48.3 Å². The van der Waals surface area contributed by atoms with Crippen LogP contribution in [0.15, 0.2) is 52.7 Å². The number of rotatable bonds is 11. The minimum absolute atomic E-state index is 0.0853. The maximum atomic E-state index is 12.8. The van der Waals surface area contributed by atoms with Gasteiger partial charge in [-0.25, -0.2) is 0 Å². The van der Waals surface area contributed by atoms with Crippen molar-refractivity contribution in [1.82, 2.24) is 10.3 Å². The highest BCUT2D eigenvalue weighted by atomic mass is 16.5. The van der Waals surface area contributed by atoms with E-state index in [2.05, 4.69) is 31.1 Å². The first-order valence-corrected chi connectivity index (χ1v) is 13.0. The molecule has 3 amide bonds. The zero-order valence-electron chi connectivity index (χ0n) is 22.8. The van der Waals surface area contributed by atoms with Crippen molar-refractivity contribution in [2.24, 2.45) is 10.2 Å². The number of hydrogen-bond donors (Lipinski definition) is 5. The molecule has 0 radical (unpaired) electrons. The molecule has 0 unspecified atom stereocenters. The highest BCUT2D eigenvalue weighted by Gasteiger charge is 2.26. The number of para-hydroxylation sites is 2. The standard InChI is InChI=1S/C29H33N7O4/c1-17-24(16-32-36-27-20-13-12-19(40-3)15-23(20)35-29(27)39)33-18(2)26(17)28(38)31-14-8-4-5-11-25(37)34-22-10-7-6-9-21(22)30/h6-7,9-10,12-13,15-16,33H,4-5,8,11,14,30H2,1-3H3,(H,31,38)(H,34,37)(H,35,36,39). The van der Waals surface area contributed by atoms with Crippen molar-refractivity contribution >= 4 is 46.7 Å². The van der Waals surface area contributed by atoms with E-state index in [0.717, 1.165) is 18.4 Å². The van der Waals surface area contributed by atoms with Crippen LogP contribution >= 0.6 is 0 Å². The van der Waals surface area contributed by atoms with Crippen LogP contribution in [0.2, 0.25) is 0 Å². The molecule has 0 bridgehead atoms. The van der Waals surface area contributed by atoms with Gasteiger partial charge in [-0.3, -0.25) is 14.4 Å². The third kappa shape index (κ3) is 6.55. The summed E-state index contributed by atoms with van der Waals surface area (Å²) in [5.41, 5.74) is 11.1. The smallest absolute Gasteiger partial charge is 0.276 e. The van der Waals surface area contributed by atoms with E-state index in [1.54, 1.807) is 37.4 Å². The molecular formula is C29H33N7O4. The average Bonchev–Trinajstić information content (AvgIpc) is 3.40. The summed E-state index contributed by atoms with van der Waals surface area (Å²) in [6.07, 6.45) is 4.12. The number of aromatic amines is 1. The number of amides is 3. The fraction of sp³-hybridized carbons (Fsp3) is 0.276. The predicted octanol–water partition coefficient (Wildman–Crippen LogP) is 3.93. The van der Waals surface area contributed by atoms with Crippen LogP contribution in [0.3, 0.4) is 0 Å². The van der Waals surface area contributed by atoms with Crippen LogP contribution in [0, 0.1) is 13.8 Å². The van der Waals surface area contributed by atoms with Gasteiger partial charge in [-0.2, -0.15) is 5.10 Å². The molecule has 3 aromatic rings. The normalized spacial score (nSPS) is 13.4. The summed E-state index contributed by atoms with van der Waals surface area (Å²) in [6.45, 7) is 4.14. The number of nitrogens with zero attached hydrogens (tertiary/aromatic N) is 2. The zero-order chi connectivity index (χ0) is 28.6. The van der Waals surface area contributed by atoms with Gasteiger partial charge in [0, 0.05) is 30.3 Å². The maximum absolute atomic E-state index is 12.8. The minimum atomic E-state index is -0.346. The SMILES string of the molecule is COc1ccc2c(c1)NC(=O)C2=NN=Cc1[nH]c(C)c(C(=O)NCCCCCC(=O)Nc2ccccc2N)c1C. The molecule has 2 heterocycles. The number of nitrogens with one attached hydrogen (secondary N) is 4. The first kappa shape index (κ1) is 28.1. The highest BCUT2D eigenvalue weighted by Crippen LogP contribution is 2.28. The number of ether oxygens (including phenoxy) is 1. The summed E-state index contributed by atoms with van der Waals surface area (Å²) in [7, 11) is 1.56. The van der Waals surface area contributed by atoms with Crippen LogP contribution in [0.5, 0.6) is 5.75 Å². The van der Waals surface area contributed by atoms with Crippen molar-refractivity contribution in [2.75, 3.05) is 30.0 Å². The molecule has 208 valence electrons. The van der Waals surface area contributed by atoms with E-state index in [1.807, 2.05) is 26.0 Å². The van der Waals surface area contributed by atoms with Crippen LogP contribution in [0.25, 0.3) is 0 Å². The summed E-state index contributed by atoms with van der Waals surface area (Å²) in [5, 5.41) is 16.7. The molecule has 11 heteroatoms. The molecule has 0 atom stereocenters. The predicted molar refractivity (Wildman–Crippen MR) is 156 cm³/mol. The van der Waals surface area contributed by atoms with Gasteiger partial charge in [0.2, 0.25) is 5.91 Å². The molecule has 0 saturated carbocycles. The number of methoxy groups -OCH3 is 1. The van der Waals surface area contributed by atoms with E-state index in [4.69, 9.17) is 10.5 Å². The van der Waals surface area contributed by atoms with E-state index in [-0.39, 0.29) is 23.4 Å². The number of carbonyl (C=O) groups excluding carboxylic acids is 3. The monoisotopic (exact) mass is 543 g/mol. The van der Waals surface area contributed by atoms with E-state index >= 15 is 0 Å². The minimum Gasteiger partial charge on any atom is -0.497 e. The fourth-order valence-corrected chi connectivity index (χ4v) is 4.45. The van der Waals surface area contributed by atoms with Gasteiger partial charge in [-0.1, -0.05) is 18.6 Å². The molecule has 4 rings (SSSR count). The second kappa shape index (κ2) is 12.7. The Bertz CT molecular complexity index is 1490. The first-order valence-electron chi connectivity index (χ1n) is 13.0. The molecule has 1 aromatic heterocycles. The summed E-state index contributed by atoms with van der Waals surface area (Å²) in [4.78, 5) is 40.5. The third-order valence-corrected chi connectivity index (χ3v) is 6.59. The van der Waals surface area contributed by atoms with Gasteiger partial charge in [0.25, 0.3) is 11.8 Å². The third-order valence-electron chi connectivity index (χ3n) is 6.59. The van der Waals surface area contributed by atoms with Gasteiger partial charge in [0.1, 0.15) is 5.75 Å². The van der Waals surface area contributed by atoms with Gasteiger partial charge >= 0.3 is 0 Å². The Morgan fingerprint density at radius 2 is 1.90 bits per heavy atom. The van der Waals surface area contributed by atoms with Crippen LogP contribution < -0.4 is 26.4 Å². The highest BCUT2D eigenvalue weighted by molar-refractivity contribution is 6.53. The summed E-state index contributed by atoms with van der Waals surface area (Å²) < 4.78 is 5.19. The second-order valence-electron chi connectivity index (χ2n) is 9.42. The first-order chi connectivity index (χ1) is 19.3. The lowest BCUT2D eigenvalue weighted by Crippen LogP contribution is -2.25. The van der Waals surface area contributed by atoms with Gasteiger partial charge in [0.05, 0.1) is 41.6 Å². The number of unbranched alkanes of at least 4 members (excludes halogenated alkanes) is 2. The number of nitrogen functional groups attached to an aromatic ring is 1. The summed E-state index contributed by atoms with van der Waals surface area (Å²) >= 11 is 0.